The minimum atomic E-state index is -1.46. The van der Waals surface area contributed by atoms with E-state index in [9.17, 15) is 9.59 Å². The van der Waals surface area contributed by atoms with Gasteiger partial charge in [-0.2, -0.15) is 0 Å². The van der Waals surface area contributed by atoms with E-state index in [-0.39, 0.29) is 0 Å². The number of aliphatic carboxylic acids is 2. The Morgan fingerprint density at radius 3 is 1.62 bits per heavy atom. The second kappa shape index (κ2) is 2.65. The largest absolute Gasteiger partial charge is 0.475 e. The molecular weight excluding hydrogens is 180 g/mol. The fourth-order valence-corrected chi connectivity index (χ4v) is 0.887. The van der Waals surface area contributed by atoms with Crippen LogP contribution in [0.25, 0.3) is 0 Å². The molecule has 1 heterocycles. The first-order valence-corrected chi connectivity index (χ1v) is 3.42. The van der Waals surface area contributed by atoms with Crippen LogP contribution in [0.15, 0.2) is 11.5 Å². The lowest BCUT2D eigenvalue weighted by atomic mass is 10.4. The average Bonchev–Trinajstić information content (AvgIpc) is 2.26. The fraction of sp³-hybridized carbons (Fsp3) is 0.429. The van der Waals surface area contributed by atoms with Crippen LogP contribution in [-0.2, 0) is 19.1 Å². The summed E-state index contributed by atoms with van der Waals surface area (Å²) in [6.45, 7) is 2.84. The van der Waals surface area contributed by atoms with Gasteiger partial charge in [0.2, 0.25) is 5.79 Å². The lowest BCUT2D eigenvalue weighted by molar-refractivity contribution is -0.155. The Bertz CT molecular complexity index is 272. The molecule has 13 heavy (non-hydrogen) atoms. The number of carboxylic acids is 2. The van der Waals surface area contributed by atoms with Gasteiger partial charge in [-0.1, -0.05) is 0 Å². The zero-order valence-corrected chi connectivity index (χ0v) is 7.03. The Morgan fingerprint density at radius 2 is 1.38 bits per heavy atom. The van der Waals surface area contributed by atoms with Crippen LogP contribution in [-0.4, -0.2) is 27.9 Å². The molecule has 0 aromatic heterocycles. The normalized spacial score (nSPS) is 19.2. The predicted molar refractivity (Wildman–Crippen MR) is 38.5 cm³/mol. The van der Waals surface area contributed by atoms with Gasteiger partial charge in [-0.05, 0) is 0 Å². The topological polar surface area (TPSA) is 93.1 Å². The summed E-state index contributed by atoms with van der Waals surface area (Å²) in [5.41, 5.74) is 0. The first kappa shape index (κ1) is 9.37. The molecule has 0 aromatic rings. The molecular formula is C7H8O6. The third-order valence-corrected chi connectivity index (χ3v) is 1.29. The fourth-order valence-electron chi connectivity index (χ4n) is 0.887. The lowest BCUT2D eigenvalue weighted by Gasteiger charge is -2.17. The van der Waals surface area contributed by atoms with Crippen molar-refractivity contribution in [3.8, 4) is 0 Å². The van der Waals surface area contributed by atoms with E-state index in [2.05, 4.69) is 0 Å². The van der Waals surface area contributed by atoms with E-state index in [0.29, 0.717) is 0 Å². The minimum absolute atomic E-state index is 0.669. The zero-order valence-electron chi connectivity index (χ0n) is 7.03. The van der Waals surface area contributed by atoms with E-state index in [1.54, 1.807) is 0 Å². The standard InChI is InChI=1S/C7H8O6/c1-7(2)12-3(5(8)9)4(13-7)6(10)11/h1-2H3,(H,8,9)(H,10,11). The molecule has 1 aliphatic rings. The Balaban J connectivity index is 3.04. The number of rotatable bonds is 2. The van der Waals surface area contributed by atoms with Crippen molar-refractivity contribution in [1.29, 1.82) is 0 Å². The summed E-state index contributed by atoms with van der Waals surface area (Å²) >= 11 is 0. The van der Waals surface area contributed by atoms with Crippen LogP contribution in [0.2, 0.25) is 0 Å². The molecule has 0 spiro atoms. The molecule has 0 fully saturated rings. The minimum Gasteiger partial charge on any atom is -0.475 e. The van der Waals surface area contributed by atoms with Gasteiger partial charge in [0.1, 0.15) is 0 Å². The van der Waals surface area contributed by atoms with E-state index < -0.39 is 29.2 Å². The van der Waals surface area contributed by atoms with Gasteiger partial charge in [0.25, 0.3) is 11.5 Å². The van der Waals surface area contributed by atoms with Crippen molar-refractivity contribution in [3.05, 3.63) is 11.5 Å². The second-order valence-electron chi connectivity index (χ2n) is 2.87. The molecule has 0 bridgehead atoms. The molecule has 0 amide bonds. The highest BCUT2D eigenvalue weighted by molar-refractivity contribution is 5.96. The van der Waals surface area contributed by atoms with Crippen molar-refractivity contribution in [2.75, 3.05) is 0 Å². The summed E-state index contributed by atoms with van der Waals surface area (Å²) in [6, 6.07) is 0. The van der Waals surface area contributed by atoms with Crippen molar-refractivity contribution in [1.82, 2.24) is 0 Å². The van der Waals surface area contributed by atoms with Crippen molar-refractivity contribution in [2.24, 2.45) is 0 Å². The third-order valence-electron chi connectivity index (χ3n) is 1.29. The summed E-state index contributed by atoms with van der Waals surface area (Å²) in [5, 5.41) is 17.1. The molecule has 72 valence electrons. The molecule has 0 aliphatic carbocycles. The summed E-state index contributed by atoms with van der Waals surface area (Å²) < 4.78 is 9.52. The van der Waals surface area contributed by atoms with E-state index in [1.807, 2.05) is 0 Å². The van der Waals surface area contributed by atoms with E-state index in [0.717, 1.165) is 0 Å². The maximum absolute atomic E-state index is 10.5. The van der Waals surface area contributed by atoms with Crippen LogP contribution >= 0.6 is 0 Å². The Kier molecular flexibility index (Phi) is 1.91. The maximum atomic E-state index is 10.5. The number of hydrogen-bond acceptors (Lipinski definition) is 4. The highest BCUT2D eigenvalue weighted by Crippen LogP contribution is 2.30. The number of ether oxygens (including phenoxy) is 2. The Hall–Kier alpha value is -1.72. The molecule has 6 heteroatoms. The highest BCUT2D eigenvalue weighted by atomic mass is 16.7. The molecule has 0 aromatic carbocycles. The van der Waals surface area contributed by atoms with Crippen LogP contribution in [0.3, 0.4) is 0 Å². The highest BCUT2D eigenvalue weighted by Gasteiger charge is 2.40. The molecule has 0 saturated heterocycles. The van der Waals surface area contributed by atoms with Crippen LogP contribution in [0.5, 0.6) is 0 Å². The summed E-state index contributed by atoms with van der Waals surface area (Å²) in [5.74, 6) is -5.48. The first-order chi connectivity index (χ1) is 5.83. The smallest absolute Gasteiger partial charge is 0.375 e. The quantitative estimate of drug-likeness (QED) is 0.640. The molecule has 0 unspecified atom stereocenters. The predicted octanol–water partition coefficient (Wildman–Crippen LogP) is 0.150. The van der Waals surface area contributed by atoms with Gasteiger partial charge < -0.3 is 19.7 Å². The van der Waals surface area contributed by atoms with Crippen LogP contribution < -0.4 is 0 Å². The monoisotopic (exact) mass is 188 g/mol. The molecule has 2 N–H and O–H groups in total. The molecule has 1 aliphatic heterocycles. The third kappa shape index (κ3) is 1.71. The van der Waals surface area contributed by atoms with Crippen LogP contribution in [0.1, 0.15) is 13.8 Å². The molecule has 0 radical (unpaired) electrons. The van der Waals surface area contributed by atoms with Crippen molar-refractivity contribution in [3.63, 3.8) is 0 Å². The van der Waals surface area contributed by atoms with Gasteiger partial charge in [-0.15, -0.1) is 0 Å². The van der Waals surface area contributed by atoms with Gasteiger partial charge in [0.05, 0.1) is 0 Å². The SMILES string of the molecule is CC1(C)OC(C(=O)O)=C(C(=O)O)O1. The van der Waals surface area contributed by atoms with Gasteiger partial charge in [0, 0.05) is 13.8 Å². The van der Waals surface area contributed by atoms with Gasteiger partial charge in [0.15, 0.2) is 0 Å². The van der Waals surface area contributed by atoms with Crippen LogP contribution in [0.4, 0.5) is 0 Å². The van der Waals surface area contributed by atoms with E-state index in [4.69, 9.17) is 19.7 Å². The number of hydrogen-bond donors (Lipinski definition) is 2. The van der Waals surface area contributed by atoms with E-state index >= 15 is 0 Å². The zero-order chi connectivity index (χ0) is 10.2. The molecule has 6 nitrogen and oxygen atoms in total. The molecule has 0 saturated carbocycles. The van der Waals surface area contributed by atoms with Gasteiger partial charge >= 0.3 is 11.9 Å². The average molecular weight is 188 g/mol. The Morgan fingerprint density at radius 1 is 1.08 bits per heavy atom. The number of carboxylic acid groups (broad SMARTS) is 2. The van der Waals surface area contributed by atoms with Crippen molar-refractivity contribution >= 4 is 11.9 Å². The second-order valence-corrected chi connectivity index (χ2v) is 2.87. The van der Waals surface area contributed by atoms with E-state index in [1.165, 1.54) is 13.8 Å². The van der Waals surface area contributed by atoms with Gasteiger partial charge in [-0.25, -0.2) is 9.59 Å². The maximum Gasteiger partial charge on any atom is 0.375 e. The molecule has 0 atom stereocenters. The summed E-state index contributed by atoms with van der Waals surface area (Å²) in [4.78, 5) is 21.0. The number of carbonyl (C=O) groups is 2. The Labute approximate surface area is 73.4 Å². The summed E-state index contributed by atoms with van der Waals surface area (Å²) in [7, 11) is 0. The first-order valence-electron chi connectivity index (χ1n) is 3.42. The summed E-state index contributed by atoms with van der Waals surface area (Å²) in [6.07, 6.45) is 0. The molecule has 1 rings (SSSR count). The van der Waals surface area contributed by atoms with Gasteiger partial charge in [-0.3, -0.25) is 0 Å². The van der Waals surface area contributed by atoms with Crippen LogP contribution in [0, 0.1) is 0 Å². The van der Waals surface area contributed by atoms with Crippen molar-refractivity contribution in [2.45, 2.75) is 19.6 Å². The van der Waals surface area contributed by atoms with Crippen molar-refractivity contribution < 1.29 is 29.3 Å². The lowest BCUT2D eigenvalue weighted by Crippen LogP contribution is -2.22.